The summed E-state index contributed by atoms with van der Waals surface area (Å²) >= 11 is 7.37. The van der Waals surface area contributed by atoms with Crippen LogP contribution in [-0.2, 0) is 10.0 Å². The monoisotopic (exact) mass is 539 g/mol. The molecule has 5 rings (SSSR count). The molecule has 0 spiro atoms. The third kappa shape index (κ3) is 5.19. The summed E-state index contributed by atoms with van der Waals surface area (Å²) in [5.41, 5.74) is 9.91. The van der Waals surface area contributed by atoms with Gasteiger partial charge in [-0.3, -0.25) is 4.40 Å². The lowest BCUT2D eigenvalue weighted by Gasteiger charge is -2.09. The molecule has 36 heavy (non-hydrogen) atoms. The highest BCUT2D eigenvalue weighted by molar-refractivity contribution is 7.89. The number of halogens is 1. The number of nitrogens with two attached hydrogens (primary N) is 1. The number of benzene rings is 2. The molecule has 0 amide bonds. The number of sulfonamides is 1. The fourth-order valence-electron chi connectivity index (χ4n) is 3.69. The van der Waals surface area contributed by atoms with E-state index in [1.165, 1.54) is 23.5 Å². The summed E-state index contributed by atoms with van der Waals surface area (Å²) < 4.78 is 29.4. The summed E-state index contributed by atoms with van der Waals surface area (Å²) in [6.45, 7) is 0.740. The van der Waals surface area contributed by atoms with Gasteiger partial charge in [0.15, 0.2) is 4.96 Å². The molecule has 0 fully saturated rings. The maximum absolute atomic E-state index is 12.4. The van der Waals surface area contributed by atoms with Crippen LogP contribution in [0.5, 0.6) is 0 Å². The second-order valence-electron chi connectivity index (χ2n) is 7.89. The van der Waals surface area contributed by atoms with Crippen molar-refractivity contribution in [2.24, 2.45) is 0 Å². The van der Waals surface area contributed by atoms with Gasteiger partial charge in [-0.15, -0.1) is 11.3 Å². The topological polar surface area (TPSA) is 127 Å². The molecule has 3 aromatic heterocycles. The molecule has 0 aliphatic heterocycles. The van der Waals surface area contributed by atoms with Gasteiger partial charge in [0.05, 0.1) is 16.3 Å². The summed E-state index contributed by atoms with van der Waals surface area (Å²) in [5, 5.41) is 5.62. The third-order valence-electron chi connectivity index (χ3n) is 5.37. The first-order chi connectivity index (χ1) is 17.4. The smallest absolute Gasteiger partial charge is 0.240 e. The molecule has 0 saturated carbocycles. The molecular formula is C24H22ClN7O2S2. The van der Waals surface area contributed by atoms with Crippen LogP contribution in [0.25, 0.3) is 27.6 Å². The highest BCUT2D eigenvalue weighted by Gasteiger charge is 2.19. The lowest BCUT2D eigenvalue weighted by Crippen LogP contribution is -2.26. The molecule has 0 bridgehead atoms. The quantitative estimate of drug-likeness (QED) is 0.185. The van der Waals surface area contributed by atoms with E-state index in [2.05, 4.69) is 15.0 Å². The minimum atomic E-state index is -3.59. The third-order valence-corrected chi connectivity index (χ3v) is 7.86. The first-order valence-electron chi connectivity index (χ1n) is 11.0. The molecule has 184 valence electrons. The molecule has 0 unspecified atom stereocenters. The van der Waals surface area contributed by atoms with Crippen molar-refractivity contribution in [3.8, 4) is 22.6 Å². The summed E-state index contributed by atoms with van der Waals surface area (Å²) in [7, 11) is -3.59. The normalized spacial score (nSPS) is 11.7. The number of hydrogen-bond acceptors (Lipinski definition) is 8. The van der Waals surface area contributed by atoms with Gasteiger partial charge in [-0.05, 0) is 48.9 Å². The number of nitrogen functional groups attached to an aromatic ring is 1. The van der Waals surface area contributed by atoms with E-state index in [-0.39, 0.29) is 11.4 Å². The van der Waals surface area contributed by atoms with E-state index in [9.17, 15) is 8.42 Å². The fraction of sp³-hybridized carbons (Fsp3) is 0.125. The van der Waals surface area contributed by atoms with E-state index in [1.54, 1.807) is 18.3 Å². The van der Waals surface area contributed by atoms with Crippen LogP contribution in [0.15, 0.2) is 77.3 Å². The average molecular weight is 540 g/mol. The number of thiazole rings is 1. The van der Waals surface area contributed by atoms with E-state index < -0.39 is 10.0 Å². The van der Waals surface area contributed by atoms with Crippen molar-refractivity contribution in [1.29, 1.82) is 0 Å². The number of rotatable bonds is 9. The lowest BCUT2D eigenvalue weighted by atomic mass is 10.1. The van der Waals surface area contributed by atoms with E-state index in [4.69, 9.17) is 27.3 Å². The van der Waals surface area contributed by atoms with Gasteiger partial charge in [0.1, 0.15) is 5.69 Å². The van der Waals surface area contributed by atoms with Gasteiger partial charge < -0.3 is 11.1 Å². The molecule has 0 aliphatic carbocycles. The van der Waals surface area contributed by atoms with Crippen molar-refractivity contribution < 1.29 is 8.42 Å². The van der Waals surface area contributed by atoms with Crippen LogP contribution in [0.2, 0.25) is 5.02 Å². The van der Waals surface area contributed by atoms with Crippen molar-refractivity contribution in [3.05, 3.63) is 77.4 Å². The number of fused-ring (bicyclic) bond motifs is 1. The molecule has 5 aromatic rings. The number of nitrogens with zero attached hydrogens (tertiary/aromatic N) is 4. The van der Waals surface area contributed by atoms with Gasteiger partial charge in [-0.25, -0.2) is 28.1 Å². The molecule has 0 saturated heterocycles. The maximum Gasteiger partial charge on any atom is 0.240 e. The molecule has 0 radical (unpaired) electrons. The first kappa shape index (κ1) is 24.2. The molecule has 9 nitrogen and oxygen atoms in total. The van der Waals surface area contributed by atoms with Gasteiger partial charge in [-0.1, -0.05) is 23.7 Å². The van der Waals surface area contributed by atoms with E-state index in [1.807, 2.05) is 46.3 Å². The van der Waals surface area contributed by atoms with E-state index in [0.717, 1.165) is 21.9 Å². The zero-order valence-corrected chi connectivity index (χ0v) is 21.3. The van der Waals surface area contributed by atoms with Crippen LogP contribution in [-0.4, -0.2) is 40.9 Å². The number of hydrogen-bond donors (Lipinski definition) is 3. The Kier molecular flexibility index (Phi) is 6.88. The zero-order valence-electron chi connectivity index (χ0n) is 18.9. The molecule has 0 atom stereocenters. The molecule has 12 heteroatoms. The second-order valence-corrected chi connectivity index (χ2v) is 11.0. The van der Waals surface area contributed by atoms with Crippen molar-refractivity contribution in [1.82, 2.24) is 24.1 Å². The van der Waals surface area contributed by atoms with Crippen LogP contribution in [0, 0.1) is 0 Å². The molecule has 4 N–H and O–H groups in total. The highest BCUT2D eigenvalue weighted by Crippen LogP contribution is 2.34. The van der Waals surface area contributed by atoms with Gasteiger partial charge in [-0.2, -0.15) is 0 Å². The molecular weight excluding hydrogens is 518 g/mol. The number of aromatic nitrogens is 4. The van der Waals surface area contributed by atoms with Gasteiger partial charge in [0.2, 0.25) is 16.0 Å². The van der Waals surface area contributed by atoms with Crippen LogP contribution in [0.4, 0.5) is 11.6 Å². The Morgan fingerprint density at radius 2 is 1.89 bits per heavy atom. The van der Waals surface area contributed by atoms with Crippen molar-refractivity contribution in [2.75, 3.05) is 24.1 Å². The molecule has 2 aromatic carbocycles. The fourth-order valence-corrected chi connectivity index (χ4v) is 5.60. The van der Waals surface area contributed by atoms with Gasteiger partial charge in [0, 0.05) is 47.1 Å². The number of imidazole rings is 1. The number of anilines is 2. The largest absolute Gasteiger partial charge is 0.399 e. The minimum absolute atomic E-state index is 0.174. The number of nitrogens with one attached hydrogen (secondary N) is 2. The lowest BCUT2D eigenvalue weighted by molar-refractivity contribution is 0.580. The first-order valence-corrected chi connectivity index (χ1v) is 13.8. The SMILES string of the molecule is Nc1cccc(-c2nc3sccn3c2-c2ccnc(NCCCNS(=O)(=O)c3ccc(Cl)cc3)n2)c1. The van der Waals surface area contributed by atoms with Crippen molar-refractivity contribution in [2.45, 2.75) is 11.3 Å². The summed E-state index contributed by atoms with van der Waals surface area (Å²) in [6, 6.07) is 15.5. The van der Waals surface area contributed by atoms with Crippen LogP contribution >= 0.6 is 22.9 Å². The standard InChI is InChI=1S/C24H22ClN7O2S2/c25-17-5-7-19(8-6-17)36(33,34)29-11-2-10-27-23-28-12-9-20(30-23)22-21(16-3-1-4-18(26)15-16)31-24-32(22)13-14-35-24/h1,3-9,12-15,29H,2,10-11,26H2,(H,27,28,30). The Hall–Kier alpha value is -3.51. The Balaban J connectivity index is 1.28. The Labute approximate surface area is 217 Å². The predicted octanol–water partition coefficient (Wildman–Crippen LogP) is 4.54. The highest BCUT2D eigenvalue weighted by atomic mass is 35.5. The van der Waals surface area contributed by atoms with Crippen molar-refractivity contribution >= 4 is 49.6 Å². The summed E-state index contributed by atoms with van der Waals surface area (Å²) in [4.78, 5) is 14.8. The summed E-state index contributed by atoms with van der Waals surface area (Å²) in [5.74, 6) is 0.441. The van der Waals surface area contributed by atoms with Crippen LogP contribution < -0.4 is 15.8 Å². The Morgan fingerprint density at radius 3 is 2.69 bits per heavy atom. The second kappa shape index (κ2) is 10.2. The predicted molar refractivity (Wildman–Crippen MR) is 144 cm³/mol. The zero-order chi connectivity index (χ0) is 25.1. The Morgan fingerprint density at radius 1 is 1.06 bits per heavy atom. The van der Waals surface area contributed by atoms with Crippen LogP contribution in [0.1, 0.15) is 6.42 Å². The van der Waals surface area contributed by atoms with Crippen LogP contribution in [0.3, 0.4) is 0 Å². The van der Waals surface area contributed by atoms with Crippen molar-refractivity contribution in [3.63, 3.8) is 0 Å². The Bertz CT molecular complexity index is 1620. The summed E-state index contributed by atoms with van der Waals surface area (Å²) in [6.07, 6.45) is 4.18. The van der Waals surface area contributed by atoms with E-state index >= 15 is 0 Å². The maximum atomic E-state index is 12.4. The van der Waals surface area contributed by atoms with E-state index in [0.29, 0.717) is 35.3 Å². The average Bonchev–Trinajstić information content (AvgIpc) is 3.46. The van der Waals surface area contributed by atoms with Gasteiger partial charge in [0.25, 0.3) is 0 Å². The molecule has 3 heterocycles. The minimum Gasteiger partial charge on any atom is -0.399 e. The molecule has 0 aliphatic rings. The van der Waals surface area contributed by atoms with Gasteiger partial charge >= 0.3 is 0 Å².